The molecule has 0 bridgehead atoms. The summed E-state index contributed by atoms with van der Waals surface area (Å²) in [5.74, 6) is -0.911. The average Bonchev–Trinajstić information content (AvgIpc) is 3.07. The van der Waals surface area contributed by atoms with Gasteiger partial charge in [0.25, 0.3) is 11.6 Å². The minimum Gasteiger partial charge on any atom is -0.463 e. The maximum Gasteiger partial charge on any atom is 0.373 e. The zero-order valence-electron chi connectivity index (χ0n) is 13.0. The lowest BCUT2D eigenvalue weighted by Crippen LogP contribution is -2.12. The first-order valence-electron chi connectivity index (χ1n) is 6.87. The van der Waals surface area contributed by atoms with Gasteiger partial charge in [0.05, 0.1) is 12.0 Å². The van der Waals surface area contributed by atoms with Crippen LogP contribution in [0.15, 0.2) is 46.0 Å². The number of ether oxygens (including phenoxy) is 1. The second-order valence-electron chi connectivity index (χ2n) is 4.56. The number of furan rings is 1. The number of carbonyl (C=O) groups is 2. The van der Waals surface area contributed by atoms with Gasteiger partial charge in [-0.3, -0.25) is 14.9 Å². The Hall–Kier alpha value is -3.69. The van der Waals surface area contributed by atoms with Crippen LogP contribution in [0.25, 0.3) is 0 Å². The SMILES string of the molecule is COC(=O)c1ccc(CO/N=C\C(=O)Nc2cccc([N+](=O)[O-])c2)o1. The van der Waals surface area contributed by atoms with E-state index in [0.717, 1.165) is 6.21 Å². The number of anilines is 1. The van der Waals surface area contributed by atoms with Gasteiger partial charge in [-0.25, -0.2) is 4.79 Å². The number of non-ortho nitro benzene ring substituents is 1. The van der Waals surface area contributed by atoms with E-state index in [9.17, 15) is 19.7 Å². The van der Waals surface area contributed by atoms with Crippen LogP contribution < -0.4 is 5.32 Å². The molecule has 2 rings (SSSR count). The number of nitrogens with one attached hydrogen (secondary N) is 1. The van der Waals surface area contributed by atoms with Gasteiger partial charge in [0.1, 0.15) is 12.0 Å². The molecule has 130 valence electrons. The molecular formula is C15H13N3O7. The van der Waals surface area contributed by atoms with E-state index >= 15 is 0 Å². The first-order chi connectivity index (χ1) is 12.0. The van der Waals surface area contributed by atoms with Crippen molar-refractivity contribution in [1.82, 2.24) is 0 Å². The number of nitro groups is 1. The molecule has 1 heterocycles. The highest BCUT2D eigenvalue weighted by molar-refractivity contribution is 6.31. The van der Waals surface area contributed by atoms with Crippen LogP contribution in [0, 0.1) is 10.1 Å². The molecular weight excluding hydrogens is 334 g/mol. The van der Waals surface area contributed by atoms with E-state index in [1.807, 2.05) is 0 Å². The number of hydrogen-bond acceptors (Lipinski definition) is 8. The Kier molecular flexibility index (Phi) is 5.82. The quantitative estimate of drug-likeness (QED) is 0.351. The van der Waals surface area contributed by atoms with Gasteiger partial charge in [0.2, 0.25) is 5.76 Å². The molecule has 25 heavy (non-hydrogen) atoms. The third kappa shape index (κ3) is 5.16. The van der Waals surface area contributed by atoms with Crippen molar-refractivity contribution in [3.63, 3.8) is 0 Å². The van der Waals surface area contributed by atoms with Gasteiger partial charge < -0.3 is 19.3 Å². The van der Waals surface area contributed by atoms with Crippen molar-refractivity contribution in [3.05, 3.63) is 58.0 Å². The molecule has 0 saturated heterocycles. The maximum atomic E-state index is 11.6. The van der Waals surface area contributed by atoms with Gasteiger partial charge in [0.15, 0.2) is 6.61 Å². The fraction of sp³-hybridized carbons (Fsp3) is 0.133. The zero-order chi connectivity index (χ0) is 18.2. The Morgan fingerprint density at radius 1 is 1.36 bits per heavy atom. The van der Waals surface area contributed by atoms with E-state index in [0.29, 0.717) is 5.76 Å². The molecule has 0 aliphatic carbocycles. The lowest BCUT2D eigenvalue weighted by Gasteiger charge is -2.01. The number of oxime groups is 1. The summed E-state index contributed by atoms with van der Waals surface area (Å²) in [5.41, 5.74) is 0.102. The van der Waals surface area contributed by atoms with Crippen LogP contribution in [-0.4, -0.2) is 30.1 Å². The molecule has 0 saturated carbocycles. The van der Waals surface area contributed by atoms with Crippen LogP contribution in [-0.2, 0) is 21.0 Å². The number of benzene rings is 1. The molecule has 1 N–H and O–H groups in total. The fourth-order valence-electron chi connectivity index (χ4n) is 1.72. The Labute approximate surface area is 141 Å². The number of amides is 1. The molecule has 1 aromatic heterocycles. The van der Waals surface area contributed by atoms with Crippen LogP contribution in [0.2, 0.25) is 0 Å². The lowest BCUT2D eigenvalue weighted by molar-refractivity contribution is -0.384. The average molecular weight is 347 g/mol. The Bertz CT molecular complexity index is 813. The van der Waals surface area contributed by atoms with E-state index in [2.05, 4.69) is 15.2 Å². The highest BCUT2D eigenvalue weighted by atomic mass is 16.6. The number of carbonyl (C=O) groups excluding carboxylic acids is 2. The third-order valence-corrected chi connectivity index (χ3v) is 2.82. The van der Waals surface area contributed by atoms with E-state index in [-0.39, 0.29) is 23.7 Å². The molecule has 1 amide bonds. The monoisotopic (exact) mass is 347 g/mol. The van der Waals surface area contributed by atoms with Crippen molar-refractivity contribution in [1.29, 1.82) is 0 Å². The van der Waals surface area contributed by atoms with Gasteiger partial charge in [-0.15, -0.1) is 0 Å². The molecule has 0 fully saturated rings. The number of rotatable bonds is 7. The predicted octanol–water partition coefficient (Wildman–Crippen LogP) is 2.12. The Morgan fingerprint density at radius 2 is 2.16 bits per heavy atom. The van der Waals surface area contributed by atoms with Crippen molar-refractivity contribution >= 4 is 29.5 Å². The summed E-state index contributed by atoms with van der Waals surface area (Å²) < 4.78 is 9.63. The molecule has 0 aliphatic heterocycles. The Balaban J connectivity index is 1.82. The predicted molar refractivity (Wildman–Crippen MR) is 85.1 cm³/mol. The van der Waals surface area contributed by atoms with Crippen molar-refractivity contribution in [2.75, 3.05) is 12.4 Å². The smallest absolute Gasteiger partial charge is 0.373 e. The first-order valence-corrected chi connectivity index (χ1v) is 6.87. The third-order valence-electron chi connectivity index (χ3n) is 2.82. The molecule has 0 atom stereocenters. The number of esters is 1. The molecule has 10 nitrogen and oxygen atoms in total. The van der Waals surface area contributed by atoms with Crippen LogP contribution in [0.5, 0.6) is 0 Å². The molecule has 2 aromatic rings. The molecule has 0 aliphatic rings. The highest BCUT2D eigenvalue weighted by Crippen LogP contribution is 2.16. The molecule has 1 aromatic carbocycles. The Morgan fingerprint density at radius 3 is 2.88 bits per heavy atom. The summed E-state index contributed by atoms with van der Waals surface area (Å²) in [6.07, 6.45) is 0.864. The highest BCUT2D eigenvalue weighted by Gasteiger charge is 2.11. The van der Waals surface area contributed by atoms with Crippen LogP contribution in [0.3, 0.4) is 0 Å². The van der Waals surface area contributed by atoms with E-state index in [1.54, 1.807) is 0 Å². The summed E-state index contributed by atoms with van der Waals surface area (Å²) in [5, 5.41) is 16.5. The summed E-state index contributed by atoms with van der Waals surface area (Å²) in [6.45, 7) is -0.0996. The number of nitrogens with zero attached hydrogens (tertiary/aromatic N) is 2. The van der Waals surface area contributed by atoms with Gasteiger partial charge in [-0.2, -0.15) is 0 Å². The van der Waals surface area contributed by atoms with Crippen molar-refractivity contribution in [2.45, 2.75) is 6.61 Å². The van der Waals surface area contributed by atoms with E-state index in [4.69, 9.17) is 9.25 Å². The fourth-order valence-corrected chi connectivity index (χ4v) is 1.72. The molecule has 0 unspecified atom stereocenters. The van der Waals surface area contributed by atoms with Crippen molar-refractivity contribution in [3.8, 4) is 0 Å². The standard InChI is InChI=1S/C15H13N3O7/c1-23-15(20)13-6-5-12(25-13)9-24-16-8-14(19)17-10-3-2-4-11(7-10)18(21)22/h2-8H,9H2,1H3,(H,17,19)/b16-8-. The number of hydrogen-bond donors (Lipinski definition) is 1. The topological polar surface area (TPSA) is 133 Å². The van der Waals surface area contributed by atoms with Gasteiger partial charge >= 0.3 is 5.97 Å². The normalized spacial score (nSPS) is 10.4. The van der Waals surface area contributed by atoms with E-state index < -0.39 is 16.8 Å². The second-order valence-corrected chi connectivity index (χ2v) is 4.56. The zero-order valence-corrected chi connectivity index (χ0v) is 13.0. The summed E-state index contributed by atoms with van der Waals surface area (Å²) in [6, 6.07) is 8.38. The molecule has 10 heteroatoms. The van der Waals surface area contributed by atoms with E-state index in [1.165, 1.54) is 43.5 Å². The first kappa shape index (κ1) is 17.7. The largest absolute Gasteiger partial charge is 0.463 e. The van der Waals surface area contributed by atoms with Crippen LogP contribution >= 0.6 is 0 Å². The number of methoxy groups -OCH3 is 1. The molecule has 0 radical (unpaired) electrons. The summed E-state index contributed by atoms with van der Waals surface area (Å²) in [4.78, 5) is 37.8. The summed E-state index contributed by atoms with van der Waals surface area (Å²) >= 11 is 0. The van der Waals surface area contributed by atoms with Crippen molar-refractivity contribution in [2.24, 2.45) is 5.16 Å². The van der Waals surface area contributed by atoms with Gasteiger partial charge in [-0.1, -0.05) is 11.2 Å². The van der Waals surface area contributed by atoms with Gasteiger partial charge in [-0.05, 0) is 18.2 Å². The summed E-state index contributed by atoms with van der Waals surface area (Å²) in [7, 11) is 1.23. The minimum absolute atomic E-state index is 0.0218. The maximum absolute atomic E-state index is 11.6. The second kappa shape index (κ2) is 8.24. The van der Waals surface area contributed by atoms with Crippen molar-refractivity contribution < 1.29 is 28.5 Å². The number of nitro benzene ring substituents is 1. The molecule has 0 spiro atoms. The lowest BCUT2D eigenvalue weighted by atomic mass is 10.3. The van der Waals surface area contributed by atoms with Crippen LogP contribution in [0.1, 0.15) is 16.3 Å². The minimum atomic E-state index is -0.629. The van der Waals surface area contributed by atoms with Crippen LogP contribution in [0.4, 0.5) is 11.4 Å². The van der Waals surface area contributed by atoms with Gasteiger partial charge in [0, 0.05) is 17.8 Å².